The fourth-order valence-electron chi connectivity index (χ4n) is 4.33. The van der Waals surface area contributed by atoms with Gasteiger partial charge in [-0.05, 0) is 50.0 Å². The van der Waals surface area contributed by atoms with Gasteiger partial charge in [-0.15, -0.1) is 12.4 Å². The molecule has 0 spiro atoms. The van der Waals surface area contributed by atoms with Gasteiger partial charge < -0.3 is 15.8 Å². The average Bonchev–Trinajstić information content (AvgIpc) is 2.55. The van der Waals surface area contributed by atoms with Crippen molar-refractivity contribution in [3.8, 4) is 0 Å². The largest absolute Gasteiger partial charge is 0.375 e. The van der Waals surface area contributed by atoms with Crippen LogP contribution in [0.25, 0.3) is 0 Å². The van der Waals surface area contributed by atoms with Crippen molar-refractivity contribution in [1.82, 2.24) is 5.32 Å². The topological polar surface area (TPSA) is 64.3 Å². The van der Waals surface area contributed by atoms with Crippen LogP contribution in [0.2, 0.25) is 0 Å². The van der Waals surface area contributed by atoms with E-state index < -0.39 is 0 Å². The lowest BCUT2D eigenvalue weighted by Gasteiger charge is -2.43. The van der Waals surface area contributed by atoms with Crippen LogP contribution in [0.5, 0.6) is 0 Å². The molecule has 3 unspecified atom stereocenters. The summed E-state index contributed by atoms with van der Waals surface area (Å²) in [4.78, 5) is 12.6. The van der Waals surface area contributed by atoms with E-state index in [0.29, 0.717) is 31.1 Å². The first-order chi connectivity index (χ1) is 11.6. The average molecular weight is 367 g/mol. The van der Waals surface area contributed by atoms with Gasteiger partial charge in [-0.25, -0.2) is 0 Å². The molecule has 1 aromatic carbocycles. The molecule has 1 amide bonds. The van der Waals surface area contributed by atoms with Gasteiger partial charge in [0.05, 0.1) is 13.2 Å². The van der Waals surface area contributed by atoms with Crippen LogP contribution in [0.1, 0.15) is 44.6 Å². The number of fused-ring (bicyclic) bond motifs is 2. The Kier molecular flexibility index (Phi) is 7.73. The van der Waals surface area contributed by atoms with Gasteiger partial charge in [0.1, 0.15) is 0 Å². The van der Waals surface area contributed by atoms with E-state index in [1.807, 2.05) is 37.3 Å². The Balaban J connectivity index is 0.00000225. The molecular weight excluding hydrogens is 336 g/mol. The van der Waals surface area contributed by atoms with Gasteiger partial charge >= 0.3 is 0 Å². The lowest BCUT2D eigenvalue weighted by molar-refractivity contribution is -0.129. The summed E-state index contributed by atoms with van der Waals surface area (Å²) in [5.74, 6) is 1.40. The number of carbonyl (C=O) groups is 1. The second-order valence-corrected chi connectivity index (χ2v) is 7.61. The summed E-state index contributed by atoms with van der Waals surface area (Å²) in [5, 5.41) is 3.14. The van der Waals surface area contributed by atoms with Crippen LogP contribution < -0.4 is 11.1 Å². The molecular formula is C20H31ClN2O2. The molecule has 1 aromatic rings. The van der Waals surface area contributed by atoms with Gasteiger partial charge in [0.2, 0.25) is 5.91 Å². The smallest absolute Gasteiger partial charge is 0.223 e. The lowest BCUT2D eigenvalue weighted by Crippen LogP contribution is -2.50. The van der Waals surface area contributed by atoms with Crippen LogP contribution in [0.3, 0.4) is 0 Å². The summed E-state index contributed by atoms with van der Waals surface area (Å²) >= 11 is 0. The van der Waals surface area contributed by atoms with Gasteiger partial charge in [-0.3, -0.25) is 4.79 Å². The van der Waals surface area contributed by atoms with Gasteiger partial charge in [-0.1, -0.05) is 36.8 Å². The number of nitrogens with one attached hydrogen (secondary N) is 1. The maximum Gasteiger partial charge on any atom is 0.223 e. The standard InChI is InChI=1S/C20H30N2O2.ClH/c1-14(12-24-13-15-6-3-2-4-7-15)22-20(23)18-10-16-8-5-9-17(11-18)19(16)21;/h2-4,6-7,14,16-19H,5,8-13,21H2,1H3,(H,22,23);1H. The zero-order chi connectivity index (χ0) is 16.9. The number of nitrogens with two attached hydrogens (primary N) is 1. The fourth-order valence-corrected chi connectivity index (χ4v) is 4.33. The number of halogens is 1. The molecule has 2 aliphatic carbocycles. The first-order valence-electron chi connectivity index (χ1n) is 9.31. The number of ether oxygens (including phenoxy) is 1. The third kappa shape index (κ3) is 5.44. The van der Waals surface area contributed by atoms with Gasteiger partial charge in [-0.2, -0.15) is 0 Å². The highest BCUT2D eigenvalue weighted by molar-refractivity contribution is 5.85. The van der Waals surface area contributed by atoms with E-state index in [-0.39, 0.29) is 30.3 Å². The molecule has 25 heavy (non-hydrogen) atoms. The minimum absolute atomic E-state index is 0. The molecule has 0 radical (unpaired) electrons. The highest BCUT2D eigenvalue weighted by Crippen LogP contribution is 2.41. The highest BCUT2D eigenvalue weighted by Gasteiger charge is 2.40. The van der Waals surface area contributed by atoms with Crippen LogP contribution in [0.15, 0.2) is 30.3 Å². The van der Waals surface area contributed by atoms with Crippen molar-refractivity contribution in [2.45, 2.75) is 57.7 Å². The predicted octanol–water partition coefficient (Wildman–Crippen LogP) is 3.28. The van der Waals surface area contributed by atoms with Crippen LogP contribution in [0.4, 0.5) is 0 Å². The molecule has 0 aromatic heterocycles. The first kappa shape index (κ1) is 20.2. The lowest BCUT2D eigenvalue weighted by atomic mass is 9.65. The Morgan fingerprint density at radius 1 is 1.24 bits per heavy atom. The van der Waals surface area contributed by atoms with E-state index in [0.717, 1.165) is 18.4 Å². The first-order valence-corrected chi connectivity index (χ1v) is 9.31. The van der Waals surface area contributed by atoms with Crippen molar-refractivity contribution in [2.24, 2.45) is 23.5 Å². The molecule has 5 heteroatoms. The molecule has 4 nitrogen and oxygen atoms in total. The summed E-state index contributed by atoms with van der Waals surface area (Å²) in [5.41, 5.74) is 7.47. The summed E-state index contributed by atoms with van der Waals surface area (Å²) in [6.45, 7) is 3.14. The predicted molar refractivity (Wildman–Crippen MR) is 102 cm³/mol. The van der Waals surface area contributed by atoms with Crippen LogP contribution in [-0.4, -0.2) is 24.6 Å². The second-order valence-electron chi connectivity index (χ2n) is 7.61. The third-order valence-corrected chi connectivity index (χ3v) is 5.65. The third-order valence-electron chi connectivity index (χ3n) is 5.65. The Hall–Kier alpha value is -1.10. The minimum atomic E-state index is 0. The molecule has 3 N–H and O–H groups in total. The molecule has 0 heterocycles. The Morgan fingerprint density at radius 3 is 2.52 bits per heavy atom. The maximum absolute atomic E-state index is 12.6. The van der Waals surface area contributed by atoms with Gasteiger partial charge in [0, 0.05) is 18.0 Å². The van der Waals surface area contributed by atoms with E-state index in [1.54, 1.807) is 0 Å². The molecule has 0 aliphatic heterocycles. The van der Waals surface area contributed by atoms with E-state index >= 15 is 0 Å². The van der Waals surface area contributed by atoms with Crippen molar-refractivity contribution >= 4 is 18.3 Å². The van der Waals surface area contributed by atoms with E-state index in [2.05, 4.69) is 5.32 Å². The fraction of sp³-hybridized carbons (Fsp3) is 0.650. The van der Waals surface area contributed by atoms with Gasteiger partial charge in [0.15, 0.2) is 0 Å². The van der Waals surface area contributed by atoms with E-state index in [4.69, 9.17) is 10.5 Å². The maximum atomic E-state index is 12.6. The molecule has 0 saturated heterocycles. The molecule has 2 bridgehead atoms. The van der Waals surface area contributed by atoms with Crippen molar-refractivity contribution in [2.75, 3.05) is 6.61 Å². The summed E-state index contributed by atoms with van der Waals surface area (Å²) < 4.78 is 5.73. The van der Waals surface area contributed by atoms with Crippen molar-refractivity contribution < 1.29 is 9.53 Å². The zero-order valence-corrected chi connectivity index (χ0v) is 15.8. The molecule has 2 fully saturated rings. The number of hydrogen-bond acceptors (Lipinski definition) is 3. The van der Waals surface area contributed by atoms with Crippen molar-refractivity contribution in [1.29, 1.82) is 0 Å². The molecule has 2 aliphatic rings. The number of hydrogen-bond donors (Lipinski definition) is 2. The Morgan fingerprint density at radius 2 is 1.88 bits per heavy atom. The van der Waals surface area contributed by atoms with Crippen LogP contribution in [0, 0.1) is 17.8 Å². The van der Waals surface area contributed by atoms with E-state index in [9.17, 15) is 4.79 Å². The van der Waals surface area contributed by atoms with Crippen LogP contribution in [-0.2, 0) is 16.1 Å². The zero-order valence-electron chi connectivity index (χ0n) is 15.0. The minimum Gasteiger partial charge on any atom is -0.375 e. The molecule has 3 atom stereocenters. The molecule has 2 saturated carbocycles. The monoisotopic (exact) mass is 366 g/mol. The normalized spacial score (nSPS) is 29.4. The summed E-state index contributed by atoms with van der Waals surface area (Å²) in [6, 6.07) is 10.5. The van der Waals surface area contributed by atoms with Crippen molar-refractivity contribution in [3.63, 3.8) is 0 Å². The number of amides is 1. The molecule has 140 valence electrons. The SMILES string of the molecule is CC(COCc1ccccc1)NC(=O)C1CC2CCCC(C1)C2N.Cl. The number of carbonyl (C=O) groups excluding carboxylic acids is 1. The Labute approximate surface area is 157 Å². The summed E-state index contributed by atoms with van der Waals surface area (Å²) in [7, 11) is 0. The number of rotatable bonds is 6. The number of benzene rings is 1. The highest BCUT2D eigenvalue weighted by atomic mass is 35.5. The molecule has 3 rings (SSSR count). The van der Waals surface area contributed by atoms with Gasteiger partial charge in [0.25, 0.3) is 0 Å². The van der Waals surface area contributed by atoms with Crippen molar-refractivity contribution in [3.05, 3.63) is 35.9 Å². The van der Waals surface area contributed by atoms with Crippen LogP contribution >= 0.6 is 12.4 Å². The second kappa shape index (κ2) is 9.56. The Bertz CT molecular complexity index is 526. The summed E-state index contributed by atoms with van der Waals surface area (Å²) in [6.07, 6.45) is 5.58. The van der Waals surface area contributed by atoms with E-state index in [1.165, 1.54) is 19.3 Å². The quantitative estimate of drug-likeness (QED) is 0.812.